The van der Waals surface area contributed by atoms with Gasteiger partial charge in [0.15, 0.2) is 5.13 Å². The number of para-hydroxylation sites is 1. The Balaban J connectivity index is 1.15. The molecule has 2 aromatic heterocycles. The first kappa shape index (κ1) is 21.7. The molecule has 2 aromatic carbocycles. The lowest BCUT2D eigenvalue weighted by atomic mass is 10.2. The largest absolute Gasteiger partial charge is 0.368 e. The van der Waals surface area contributed by atoms with Crippen molar-refractivity contribution >= 4 is 55.9 Å². The molecule has 7 nitrogen and oxygen atoms in total. The first-order valence-corrected chi connectivity index (χ1v) is 12.6. The molecule has 0 unspecified atom stereocenters. The third kappa shape index (κ3) is 5.26. The molecular formula is C24H24N6OS2. The molecule has 1 fully saturated rings. The molecule has 0 atom stereocenters. The Labute approximate surface area is 200 Å². The van der Waals surface area contributed by atoms with Crippen molar-refractivity contribution < 1.29 is 4.79 Å². The lowest BCUT2D eigenvalue weighted by Crippen LogP contribution is -2.46. The fraction of sp³-hybridized carbons (Fsp3) is 0.250. The van der Waals surface area contributed by atoms with Crippen molar-refractivity contribution in [1.29, 1.82) is 0 Å². The van der Waals surface area contributed by atoms with E-state index in [0.717, 1.165) is 47.2 Å². The molecule has 0 aliphatic carbocycles. The number of thioether (sulfide) groups is 1. The summed E-state index contributed by atoms with van der Waals surface area (Å²) in [5.41, 5.74) is 3.34. The fourth-order valence-electron chi connectivity index (χ4n) is 3.79. The minimum absolute atomic E-state index is 0.0904. The molecule has 5 rings (SSSR count). The normalized spacial score (nSPS) is 14.0. The summed E-state index contributed by atoms with van der Waals surface area (Å²) in [6.45, 7) is 5.73. The van der Waals surface area contributed by atoms with Gasteiger partial charge in [0, 0.05) is 37.9 Å². The molecule has 1 N–H and O–H groups in total. The topological polar surface area (TPSA) is 74.2 Å². The molecule has 1 aliphatic rings. The van der Waals surface area contributed by atoms with Crippen LogP contribution in [0.2, 0.25) is 0 Å². The highest BCUT2D eigenvalue weighted by Crippen LogP contribution is 2.27. The van der Waals surface area contributed by atoms with Crippen molar-refractivity contribution in [2.75, 3.05) is 47.0 Å². The van der Waals surface area contributed by atoms with Crippen LogP contribution in [0.1, 0.15) is 5.56 Å². The number of thiazole rings is 1. The number of carbonyl (C=O) groups is 1. The number of aryl methyl sites for hydroxylation is 1. The van der Waals surface area contributed by atoms with Crippen LogP contribution in [-0.2, 0) is 4.79 Å². The zero-order valence-corrected chi connectivity index (χ0v) is 19.9. The smallest absolute Gasteiger partial charge is 0.236 e. The maximum atomic E-state index is 12.5. The average Bonchev–Trinajstić information content (AvgIpc) is 3.25. The van der Waals surface area contributed by atoms with E-state index in [4.69, 9.17) is 0 Å². The van der Waals surface area contributed by atoms with Crippen molar-refractivity contribution in [3.8, 4) is 0 Å². The minimum Gasteiger partial charge on any atom is -0.368 e. The van der Waals surface area contributed by atoms with Crippen LogP contribution in [-0.4, -0.2) is 52.8 Å². The van der Waals surface area contributed by atoms with E-state index in [1.54, 1.807) is 6.33 Å². The SMILES string of the molecule is Cc1ccc2nc(NC(=O)CSc3cc(N4CCN(c5ccccc5)CC4)ncn3)sc2c1. The third-order valence-corrected chi connectivity index (χ3v) is 7.35. The van der Waals surface area contributed by atoms with Crippen LogP contribution in [0.3, 0.4) is 0 Å². The monoisotopic (exact) mass is 476 g/mol. The van der Waals surface area contributed by atoms with E-state index in [9.17, 15) is 4.79 Å². The second kappa shape index (κ2) is 9.76. The van der Waals surface area contributed by atoms with Crippen molar-refractivity contribution in [2.45, 2.75) is 11.9 Å². The van der Waals surface area contributed by atoms with Gasteiger partial charge in [-0.1, -0.05) is 47.4 Å². The van der Waals surface area contributed by atoms with Crippen molar-refractivity contribution in [1.82, 2.24) is 15.0 Å². The minimum atomic E-state index is -0.0904. The van der Waals surface area contributed by atoms with Crippen LogP contribution in [0.15, 0.2) is 66.0 Å². The molecule has 4 aromatic rings. The number of aromatic nitrogens is 3. The average molecular weight is 477 g/mol. The predicted molar refractivity (Wildman–Crippen MR) is 137 cm³/mol. The number of rotatable bonds is 6. The number of anilines is 3. The summed E-state index contributed by atoms with van der Waals surface area (Å²) < 4.78 is 1.07. The lowest BCUT2D eigenvalue weighted by Gasteiger charge is -2.36. The molecule has 3 heterocycles. The first-order valence-electron chi connectivity index (χ1n) is 10.8. The van der Waals surface area contributed by atoms with Gasteiger partial charge in [-0.3, -0.25) is 4.79 Å². The Kier molecular flexibility index (Phi) is 6.41. The van der Waals surface area contributed by atoms with E-state index in [-0.39, 0.29) is 11.7 Å². The Morgan fingerprint density at radius 2 is 1.82 bits per heavy atom. The maximum Gasteiger partial charge on any atom is 0.236 e. The van der Waals surface area contributed by atoms with Gasteiger partial charge < -0.3 is 15.1 Å². The number of hydrogen-bond acceptors (Lipinski definition) is 8. The quantitative estimate of drug-likeness (QED) is 0.325. The summed E-state index contributed by atoms with van der Waals surface area (Å²) >= 11 is 2.90. The summed E-state index contributed by atoms with van der Waals surface area (Å²) in [4.78, 5) is 30.4. The highest BCUT2D eigenvalue weighted by atomic mass is 32.2. The number of nitrogens with zero attached hydrogens (tertiary/aromatic N) is 5. The second-order valence-electron chi connectivity index (χ2n) is 7.85. The summed E-state index contributed by atoms with van der Waals surface area (Å²) in [7, 11) is 0. The molecule has 0 bridgehead atoms. The number of hydrogen-bond donors (Lipinski definition) is 1. The summed E-state index contributed by atoms with van der Waals surface area (Å²) in [6, 6.07) is 18.5. The molecule has 33 heavy (non-hydrogen) atoms. The van der Waals surface area contributed by atoms with E-state index < -0.39 is 0 Å². The number of piperazine rings is 1. The van der Waals surface area contributed by atoms with Crippen molar-refractivity contribution in [3.63, 3.8) is 0 Å². The van der Waals surface area contributed by atoms with Crippen molar-refractivity contribution in [3.05, 3.63) is 66.5 Å². The Hall–Kier alpha value is -3.17. The number of fused-ring (bicyclic) bond motifs is 1. The van der Waals surface area contributed by atoms with Gasteiger partial charge in [0.1, 0.15) is 17.2 Å². The van der Waals surface area contributed by atoms with Crippen LogP contribution in [0, 0.1) is 6.92 Å². The Morgan fingerprint density at radius 1 is 1.03 bits per heavy atom. The molecule has 168 valence electrons. The molecule has 1 saturated heterocycles. The number of amides is 1. The van der Waals surface area contributed by atoms with Gasteiger partial charge >= 0.3 is 0 Å². The van der Waals surface area contributed by atoms with E-state index in [1.807, 2.05) is 31.2 Å². The van der Waals surface area contributed by atoms with E-state index >= 15 is 0 Å². The van der Waals surface area contributed by atoms with E-state index in [2.05, 4.69) is 60.4 Å². The van der Waals surface area contributed by atoms with Crippen molar-refractivity contribution in [2.24, 2.45) is 0 Å². The van der Waals surface area contributed by atoms with Crippen LogP contribution in [0.5, 0.6) is 0 Å². The number of nitrogens with one attached hydrogen (secondary N) is 1. The van der Waals surface area contributed by atoms with Crippen LogP contribution >= 0.6 is 23.1 Å². The van der Waals surface area contributed by atoms with Gasteiger partial charge in [-0.15, -0.1) is 0 Å². The molecule has 1 aliphatic heterocycles. The standard InChI is InChI=1S/C24H24N6OS2/c1-17-7-8-19-20(13-17)33-24(27-19)28-22(31)15-32-23-14-21(25-16-26-23)30-11-9-29(10-12-30)18-5-3-2-4-6-18/h2-8,13-14,16H,9-12,15H2,1H3,(H,27,28,31). The van der Waals surface area contributed by atoms with Gasteiger partial charge in [-0.2, -0.15) is 0 Å². The Bertz CT molecular complexity index is 1250. The van der Waals surface area contributed by atoms with Gasteiger partial charge in [0.05, 0.1) is 16.0 Å². The summed E-state index contributed by atoms with van der Waals surface area (Å²) in [6.07, 6.45) is 1.58. The van der Waals surface area contributed by atoms with Crippen LogP contribution < -0.4 is 15.1 Å². The maximum absolute atomic E-state index is 12.5. The molecule has 1 amide bonds. The molecule has 0 spiro atoms. The van der Waals surface area contributed by atoms with Gasteiger partial charge in [0.2, 0.25) is 5.91 Å². The summed E-state index contributed by atoms with van der Waals surface area (Å²) in [5.74, 6) is 1.09. The number of carbonyl (C=O) groups excluding carboxylic acids is 1. The van der Waals surface area contributed by atoms with Crippen LogP contribution in [0.25, 0.3) is 10.2 Å². The van der Waals surface area contributed by atoms with Gasteiger partial charge in [-0.25, -0.2) is 15.0 Å². The van der Waals surface area contributed by atoms with E-state index in [1.165, 1.54) is 34.3 Å². The van der Waals surface area contributed by atoms with E-state index in [0.29, 0.717) is 5.13 Å². The highest BCUT2D eigenvalue weighted by Gasteiger charge is 2.19. The van der Waals surface area contributed by atoms with Gasteiger partial charge in [-0.05, 0) is 36.8 Å². The zero-order valence-electron chi connectivity index (χ0n) is 18.3. The first-order chi connectivity index (χ1) is 16.1. The fourth-order valence-corrected chi connectivity index (χ4v) is 5.44. The lowest BCUT2D eigenvalue weighted by molar-refractivity contribution is -0.113. The molecular weight excluding hydrogens is 452 g/mol. The van der Waals surface area contributed by atoms with Gasteiger partial charge in [0.25, 0.3) is 0 Å². The highest BCUT2D eigenvalue weighted by molar-refractivity contribution is 7.99. The Morgan fingerprint density at radius 3 is 2.64 bits per heavy atom. The van der Waals surface area contributed by atoms with Crippen LogP contribution in [0.4, 0.5) is 16.6 Å². The second-order valence-corrected chi connectivity index (χ2v) is 9.88. The predicted octanol–water partition coefficient (Wildman–Crippen LogP) is 4.45. The molecule has 9 heteroatoms. The zero-order chi connectivity index (χ0) is 22.6. The third-order valence-electron chi connectivity index (χ3n) is 5.49. The number of benzene rings is 2. The molecule has 0 radical (unpaired) electrons. The summed E-state index contributed by atoms with van der Waals surface area (Å²) in [5, 5.41) is 4.33. The molecule has 0 saturated carbocycles.